The fourth-order valence-electron chi connectivity index (χ4n) is 1.53. The number of benzene rings is 1. The van der Waals surface area contributed by atoms with Crippen LogP contribution in [0, 0.1) is 0 Å². The average Bonchev–Trinajstić information content (AvgIpc) is 2.35. The predicted octanol–water partition coefficient (Wildman–Crippen LogP) is 3.35. The van der Waals surface area contributed by atoms with Gasteiger partial charge in [-0.15, -0.1) is 0 Å². The zero-order valence-electron chi connectivity index (χ0n) is 11.2. The van der Waals surface area contributed by atoms with E-state index in [1.54, 1.807) is 0 Å². The number of hydrogen-bond donors (Lipinski definition) is 1. The molecule has 4 heteroatoms. The lowest BCUT2D eigenvalue weighted by Gasteiger charge is -2.19. The first-order chi connectivity index (χ1) is 8.07. The van der Waals surface area contributed by atoms with Crippen molar-refractivity contribution >= 4 is 14.0 Å². The summed E-state index contributed by atoms with van der Waals surface area (Å²) in [5.41, 5.74) is 1.08. The van der Waals surface area contributed by atoms with Gasteiger partial charge in [-0.05, 0) is 37.7 Å². The summed E-state index contributed by atoms with van der Waals surface area (Å²) in [6.45, 7) is 5.22. The predicted molar refractivity (Wildman–Crippen MR) is 75.4 cm³/mol. The molecule has 1 aromatic carbocycles. The Labute approximate surface area is 105 Å². The number of ether oxygens (including phenoxy) is 1. The molecular weight excluding hydrogens is 230 g/mol. The van der Waals surface area contributed by atoms with Crippen molar-refractivity contribution in [3.05, 3.63) is 24.3 Å². The van der Waals surface area contributed by atoms with Crippen LogP contribution in [-0.2, 0) is 4.43 Å². The van der Waals surface area contributed by atoms with Gasteiger partial charge in [-0.2, -0.15) is 0 Å². The van der Waals surface area contributed by atoms with Crippen molar-refractivity contribution < 1.29 is 9.16 Å². The minimum absolute atomic E-state index is 0.757. The van der Waals surface area contributed by atoms with Crippen molar-refractivity contribution in [1.29, 1.82) is 0 Å². The molecule has 96 valence electrons. The highest BCUT2D eigenvalue weighted by Crippen LogP contribution is 2.18. The molecular formula is C13H23NO2Si. The lowest BCUT2D eigenvalue weighted by molar-refractivity contribution is 0.312. The summed E-state index contributed by atoms with van der Waals surface area (Å²) in [7, 11) is 2.29. The smallest absolute Gasteiger partial charge is 0.186 e. The van der Waals surface area contributed by atoms with E-state index in [1.807, 2.05) is 38.4 Å². The Morgan fingerprint density at radius 1 is 1.29 bits per heavy atom. The van der Waals surface area contributed by atoms with Crippen LogP contribution < -0.4 is 10.1 Å². The maximum absolute atomic E-state index is 5.72. The molecule has 0 saturated carbocycles. The summed E-state index contributed by atoms with van der Waals surface area (Å²) in [5, 5.41) is 3.10. The number of anilines is 1. The van der Waals surface area contributed by atoms with E-state index in [2.05, 4.69) is 18.4 Å². The second-order valence-corrected chi connectivity index (χ2v) is 9.12. The monoisotopic (exact) mass is 253 g/mol. The van der Waals surface area contributed by atoms with Crippen molar-refractivity contribution in [2.75, 3.05) is 26.1 Å². The Balaban J connectivity index is 2.31. The third kappa shape index (κ3) is 5.24. The maximum Gasteiger partial charge on any atom is 0.186 e. The molecule has 1 aromatic rings. The van der Waals surface area contributed by atoms with Gasteiger partial charge in [-0.25, -0.2) is 0 Å². The normalized spacial score (nSPS) is 11.3. The minimum Gasteiger partial charge on any atom is -0.494 e. The van der Waals surface area contributed by atoms with E-state index < -0.39 is 8.32 Å². The second-order valence-electron chi connectivity index (χ2n) is 4.69. The summed E-state index contributed by atoms with van der Waals surface area (Å²) >= 11 is 0. The molecule has 0 aromatic heterocycles. The van der Waals surface area contributed by atoms with E-state index in [0.717, 1.165) is 30.5 Å². The minimum atomic E-state index is -1.43. The van der Waals surface area contributed by atoms with Crippen molar-refractivity contribution in [2.24, 2.45) is 0 Å². The number of hydrogen-bond acceptors (Lipinski definition) is 3. The number of nitrogens with one attached hydrogen (secondary N) is 1. The van der Waals surface area contributed by atoms with Crippen molar-refractivity contribution in [3.8, 4) is 5.75 Å². The van der Waals surface area contributed by atoms with Crippen molar-refractivity contribution in [3.63, 3.8) is 0 Å². The molecule has 0 saturated heterocycles. The lowest BCUT2D eigenvalue weighted by Crippen LogP contribution is -2.28. The number of rotatable bonds is 7. The molecule has 0 spiro atoms. The first-order valence-electron chi connectivity index (χ1n) is 6.03. The Morgan fingerprint density at radius 2 is 2.06 bits per heavy atom. The van der Waals surface area contributed by atoms with Gasteiger partial charge in [0.2, 0.25) is 0 Å². The molecule has 0 atom stereocenters. The molecule has 0 aliphatic carbocycles. The molecule has 0 heterocycles. The van der Waals surface area contributed by atoms with Gasteiger partial charge in [0.05, 0.1) is 6.61 Å². The van der Waals surface area contributed by atoms with Crippen LogP contribution in [0.1, 0.15) is 6.42 Å². The molecule has 1 rings (SSSR count). The quantitative estimate of drug-likeness (QED) is 0.597. The maximum atomic E-state index is 5.72. The third-order valence-electron chi connectivity index (χ3n) is 2.87. The molecule has 0 aliphatic heterocycles. The molecule has 0 radical (unpaired) electrons. The van der Waals surface area contributed by atoms with Gasteiger partial charge in [0.1, 0.15) is 5.75 Å². The Kier molecular flexibility index (Phi) is 5.51. The molecule has 0 amide bonds. The SMILES string of the molecule is CNc1cccc(OCCC[Si](C)(C)OC)c1. The Hall–Kier alpha value is -1.00. The van der Waals surface area contributed by atoms with Crippen LogP contribution in [-0.4, -0.2) is 29.1 Å². The van der Waals surface area contributed by atoms with Crippen molar-refractivity contribution in [1.82, 2.24) is 0 Å². The summed E-state index contributed by atoms with van der Waals surface area (Å²) < 4.78 is 11.2. The first kappa shape index (κ1) is 14.1. The Bertz CT molecular complexity index is 342. The zero-order chi connectivity index (χ0) is 12.7. The van der Waals surface area contributed by atoms with Gasteiger partial charge in [0, 0.05) is 25.9 Å². The zero-order valence-corrected chi connectivity index (χ0v) is 12.2. The van der Waals surface area contributed by atoms with E-state index in [-0.39, 0.29) is 0 Å². The lowest BCUT2D eigenvalue weighted by atomic mass is 10.3. The average molecular weight is 253 g/mol. The van der Waals surface area contributed by atoms with Crippen LogP contribution in [0.2, 0.25) is 19.1 Å². The summed E-state index contributed by atoms with van der Waals surface area (Å²) in [5.74, 6) is 0.925. The molecule has 0 bridgehead atoms. The molecule has 1 N–H and O–H groups in total. The van der Waals surface area contributed by atoms with Gasteiger partial charge in [0.15, 0.2) is 8.32 Å². The topological polar surface area (TPSA) is 30.5 Å². The van der Waals surface area contributed by atoms with Crippen LogP contribution in [0.5, 0.6) is 5.75 Å². The van der Waals surface area contributed by atoms with E-state index >= 15 is 0 Å². The molecule has 17 heavy (non-hydrogen) atoms. The van der Waals surface area contributed by atoms with Crippen LogP contribution >= 0.6 is 0 Å². The van der Waals surface area contributed by atoms with Gasteiger partial charge in [0.25, 0.3) is 0 Å². The fraction of sp³-hybridized carbons (Fsp3) is 0.538. The summed E-state index contributed by atoms with van der Waals surface area (Å²) in [4.78, 5) is 0. The Morgan fingerprint density at radius 3 is 2.71 bits per heavy atom. The first-order valence-corrected chi connectivity index (χ1v) is 9.15. The standard InChI is InChI=1S/C13H23NO2Si/c1-14-12-7-5-8-13(11-12)16-9-6-10-17(3,4)15-2/h5,7-8,11,14H,6,9-10H2,1-4H3. The third-order valence-corrected chi connectivity index (χ3v) is 5.53. The second kappa shape index (κ2) is 6.66. The van der Waals surface area contributed by atoms with Crippen molar-refractivity contribution in [2.45, 2.75) is 25.6 Å². The van der Waals surface area contributed by atoms with Gasteiger partial charge < -0.3 is 14.5 Å². The van der Waals surface area contributed by atoms with E-state index in [0.29, 0.717) is 0 Å². The van der Waals surface area contributed by atoms with Crippen LogP contribution in [0.3, 0.4) is 0 Å². The van der Waals surface area contributed by atoms with E-state index in [4.69, 9.17) is 9.16 Å². The molecule has 0 aliphatic rings. The molecule has 0 fully saturated rings. The summed E-state index contributed by atoms with van der Waals surface area (Å²) in [6.07, 6.45) is 1.05. The van der Waals surface area contributed by atoms with Gasteiger partial charge >= 0.3 is 0 Å². The fourth-order valence-corrected chi connectivity index (χ4v) is 2.73. The van der Waals surface area contributed by atoms with Crippen LogP contribution in [0.25, 0.3) is 0 Å². The summed E-state index contributed by atoms with van der Waals surface area (Å²) in [6, 6.07) is 9.15. The largest absolute Gasteiger partial charge is 0.494 e. The molecule has 3 nitrogen and oxygen atoms in total. The highest BCUT2D eigenvalue weighted by atomic mass is 28.4. The highest BCUT2D eigenvalue weighted by Gasteiger charge is 2.19. The molecule has 0 unspecified atom stereocenters. The van der Waals surface area contributed by atoms with Crippen LogP contribution in [0.4, 0.5) is 5.69 Å². The van der Waals surface area contributed by atoms with E-state index in [9.17, 15) is 0 Å². The van der Waals surface area contributed by atoms with Gasteiger partial charge in [-0.1, -0.05) is 6.07 Å². The van der Waals surface area contributed by atoms with E-state index in [1.165, 1.54) is 0 Å². The highest BCUT2D eigenvalue weighted by molar-refractivity contribution is 6.71. The van der Waals surface area contributed by atoms with Gasteiger partial charge in [-0.3, -0.25) is 0 Å². The van der Waals surface area contributed by atoms with Crippen LogP contribution in [0.15, 0.2) is 24.3 Å².